The maximum Gasteiger partial charge on any atom is 0.335 e. The normalized spacial score (nSPS) is 13.5. The monoisotopic (exact) mass is 249 g/mol. The molecular formula is C13H15NO4. The van der Waals surface area contributed by atoms with E-state index in [0.717, 1.165) is 11.1 Å². The molecule has 1 aromatic carbocycles. The molecule has 0 radical (unpaired) electrons. The highest BCUT2D eigenvalue weighted by atomic mass is 16.5. The first kappa shape index (κ1) is 12.6. The van der Waals surface area contributed by atoms with Crippen molar-refractivity contribution in [2.45, 2.75) is 20.0 Å². The van der Waals surface area contributed by atoms with Gasteiger partial charge in [0.05, 0.1) is 5.56 Å². The molecule has 0 saturated heterocycles. The summed E-state index contributed by atoms with van der Waals surface area (Å²) >= 11 is 0. The summed E-state index contributed by atoms with van der Waals surface area (Å²) in [5, 5.41) is 8.91. The SMILES string of the molecule is CCOCC(=O)N1Cc2ccc(C(=O)O)cc2C1. The number of hydrogen-bond acceptors (Lipinski definition) is 3. The zero-order valence-electron chi connectivity index (χ0n) is 10.2. The summed E-state index contributed by atoms with van der Waals surface area (Å²) in [6.07, 6.45) is 0. The summed E-state index contributed by atoms with van der Waals surface area (Å²) in [7, 11) is 0. The van der Waals surface area contributed by atoms with E-state index in [2.05, 4.69) is 0 Å². The fourth-order valence-electron chi connectivity index (χ4n) is 1.98. The summed E-state index contributed by atoms with van der Waals surface area (Å²) in [5.74, 6) is -1.01. The van der Waals surface area contributed by atoms with Gasteiger partial charge in [-0.15, -0.1) is 0 Å². The van der Waals surface area contributed by atoms with Crippen molar-refractivity contribution in [2.24, 2.45) is 0 Å². The molecule has 0 saturated carbocycles. The molecular weight excluding hydrogens is 234 g/mol. The molecule has 0 spiro atoms. The average Bonchev–Trinajstić information content (AvgIpc) is 2.78. The van der Waals surface area contributed by atoms with Gasteiger partial charge in [-0.1, -0.05) is 6.07 Å². The molecule has 18 heavy (non-hydrogen) atoms. The van der Waals surface area contributed by atoms with Gasteiger partial charge in [-0.2, -0.15) is 0 Å². The molecule has 0 aliphatic carbocycles. The van der Waals surface area contributed by atoms with Gasteiger partial charge in [-0.3, -0.25) is 4.79 Å². The van der Waals surface area contributed by atoms with Crippen molar-refractivity contribution >= 4 is 11.9 Å². The standard InChI is InChI=1S/C13H15NO4/c1-2-18-8-12(15)14-6-10-4-3-9(13(16)17)5-11(10)7-14/h3-5H,2,6-8H2,1H3,(H,16,17). The number of carbonyl (C=O) groups excluding carboxylic acids is 1. The third-order valence-corrected chi connectivity index (χ3v) is 2.96. The van der Waals surface area contributed by atoms with Crippen LogP contribution in [0.4, 0.5) is 0 Å². The van der Waals surface area contributed by atoms with Crippen molar-refractivity contribution in [3.8, 4) is 0 Å². The molecule has 1 aliphatic heterocycles. The number of carbonyl (C=O) groups is 2. The molecule has 1 aromatic rings. The Kier molecular flexibility index (Phi) is 3.62. The van der Waals surface area contributed by atoms with Crippen molar-refractivity contribution in [3.05, 3.63) is 34.9 Å². The number of aromatic carboxylic acids is 1. The van der Waals surface area contributed by atoms with Crippen molar-refractivity contribution in [2.75, 3.05) is 13.2 Å². The Morgan fingerprint density at radius 3 is 2.72 bits per heavy atom. The Labute approximate surface area is 105 Å². The minimum Gasteiger partial charge on any atom is -0.478 e. The van der Waals surface area contributed by atoms with E-state index in [1.807, 2.05) is 6.92 Å². The predicted molar refractivity (Wildman–Crippen MR) is 64.1 cm³/mol. The Bertz CT molecular complexity index is 484. The number of amides is 1. The van der Waals surface area contributed by atoms with E-state index in [0.29, 0.717) is 19.7 Å². The van der Waals surface area contributed by atoms with Crippen LogP contribution in [-0.2, 0) is 22.6 Å². The van der Waals surface area contributed by atoms with E-state index in [1.54, 1.807) is 23.1 Å². The van der Waals surface area contributed by atoms with E-state index in [4.69, 9.17) is 9.84 Å². The fourth-order valence-corrected chi connectivity index (χ4v) is 1.98. The average molecular weight is 249 g/mol. The van der Waals surface area contributed by atoms with Gasteiger partial charge in [-0.25, -0.2) is 4.79 Å². The van der Waals surface area contributed by atoms with Gasteiger partial charge in [0, 0.05) is 19.7 Å². The Morgan fingerprint density at radius 2 is 2.06 bits per heavy atom. The maximum absolute atomic E-state index is 11.8. The smallest absolute Gasteiger partial charge is 0.335 e. The summed E-state index contributed by atoms with van der Waals surface area (Å²) < 4.78 is 5.08. The van der Waals surface area contributed by atoms with Gasteiger partial charge in [0.15, 0.2) is 0 Å². The highest BCUT2D eigenvalue weighted by molar-refractivity contribution is 5.88. The third kappa shape index (κ3) is 2.51. The predicted octanol–water partition coefficient (Wildman–Crippen LogP) is 1.26. The van der Waals surface area contributed by atoms with Gasteiger partial charge in [0.25, 0.3) is 0 Å². The number of rotatable bonds is 4. The Balaban J connectivity index is 2.08. The summed E-state index contributed by atoms with van der Waals surface area (Å²) in [6, 6.07) is 4.97. The molecule has 5 nitrogen and oxygen atoms in total. The van der Waals surface area contributed by atoms with Crippen molar-refractivity contribution in [3.63, 3.8) is 0 Å². The van der Waals surface area contributed by atoms with E-state index in [1.165, 1.54) is 0 Å². The molecule has 0 fully saturated rings. The van der Waals surface area contributed by atoms with Crippen LogP contribution in [0.15, 0.2) is 18.2 Å². The quantitative estimate of drug-likeness (QED) is 0.872. The van der Waals surface area contributed by atoms with Crippen molar-refractivity contribution < 1.29 is 19.4 Å². The molecule has 2 rings (SSSR count). The first-order chi connectivity index (χ1) is 8.61. The number of hydrogen-bond donors (Lipinski definition) is 1. The molecule has 1 aliphatic rings. The second-order valence-electron chi connectivity index (χ2n) is 4.18. The lowest BCUT2D eigenvalue weighted by molar-refractivity contribution is -0.136. The number of carboxylic acid groups (broad SMARTS) is 1. The van der Waals surface area contributed by atoms with E-state index < -0.39 is 5.97 Å². The first-order valence-electron chi connectivity index (χ1n) is 5.82. The largest absolute Gasteiger partial charge is 0.478 e. The Morgan fingerprint density at radius 1 is 1.33 bits per heavy atom. The van der Waals surface area contributed by atoms with Crippen molar-refractivity contribution in [1.82, 2.24) is 4.90 Å². The van der Waals surface area contributed by atoms with Crippen LogP contribution in [0.25, 0.3) is 0 Å². The van der Waals surface area contributed by atoms with E-state index in [9.17, 15) is 9.59 Å². The van der Waals surface area contributed by atoms with Crippen LogP contribution < -0.4 is 0 Å². The summed E-state index contributed by atoms with van der Waals surface area (Å²) in [6.45, 7) is 3.42. The topological polar surface area (TPSA) is 66.8 Å². The van der Waals surface area contributed by atoms with Gasteiger partial charge >= 0.3 is 5.97 Å². The molecule has 1 heterocycles. The minimum absolute atomic E-state index is 0.0649. The molecule has 0 aromatic heterocycles. The van der Waals surface area contributed by atoms with Crippen LogP contribution >= 0.6 is 0 Å². The highest BCUT2D eigenvalue weighted by Crippen LogP contribution is 2.23. The molecule has 0 atom stereocenters. The van der Waals surface area contributed by atoms with Crippen LogP contribution in [0, 0.1) is 0 Å². The van der Waals surface area contributed by atoms with Crippen molar-refractivity contribution in [1.29, 1.82) is 0 Å². The lowest BCUT2D eigenvalue weighted by Crippen LogP contribution is -2.29. The molecule has 1 amide bonds. The van der Waals surface area contributed by atoms with Crippen LogP contribution in [0.1, 0.15) is 28.4 Å². The van der Waals surface area contributed by atoms with Gasteiger partial charge in [-0.05, 0) is 30.2 Å². The molecule has 0 bridgehead atoms. The van der Waals surface area contributed by atoms with Crippen LogP contribution in [-0.4, -0.2) is 35.1 Å². The van der Waals surface area contributed by atoms with Gasteiger partial charge < -0.3 is 14.7 Å². The van der Waals surface area contributed by atoms with Crippen LogP contribution in [0.5, 0.6) is 0 Å². The van der Waals surface area contributed by atoms with Gasteiger partial charge in [0.2, 0.25) is 5.91 Å². The second-order valence-corrected chi connectivity index (χ2v) is 4.18. The van der Waals surface area contributed by atoms with E-state index in [-0.39, 0.29) is 18.1 Å². The minimum atomic E-state index is -0.947. The Hall–Kier alpha value is -1.88. The molecule has 1 N–H and O–H groups in total. The highest BCUT2D eigenvalue weighted by Gasteiger charge is 2.23. The van der Waals surface area contributed by atoms with Gasteiger partial charge in [0.1, 0.15) is 6.61 Å². The molecule has 5 heteroatoms. The van der Waals surface area contributed by atoms with E-state index >= 15 is 0 Å². The lowest BCUT2D eigenvalue weighted by Gasteiger charge is -2.14. The lowest BCUT2D eigenvalue weighted by atomic mass is 10.1. The zero-order chi connectivity index (χ0) is 13.1. The molecule has 0 unspecified atom stereocenters. The van der Waals surface area contributed by atoms with Crippen LogP contribution in [0.2, 0.25) is 0 Å². The maximum atomic E-state index is 11.8. The molecule has 96 valence electrons. The first-order valence-corrected chi connectivity index (χ1v) is 5.82. The number of nitrogens with zero attached hydrogens (tertiary/aromatic N) is 1. The number of fused-ring (bicyclic) bond motifs is 1. The zero-order valence-corrected chi connectivity index (χ0v) is 10.2. The summed E-state index contributed by atoms with van der Waals surface area (Å²) in [5.41, 5.74) is 2.16. The second kappa shape index (κ2) is 5.18. The number of carboxylic acids is 1. The third-order valence-electron chi connectivity index (χ3n) is 2.96. The summed E-state index contributed by atoms with van der Waals surface area (Å²) in [4.78, 5) is 24.3. The number of benzene rings is 1. The number of ether oxygens (including phenoxy) is 1. The fraction of sp³-hybridized carbons (Fsp3) is 0.385. The van der Waals surface area contributed by atoms with Crippen LogP contribution in [0.3, 0.4) is 0 Å².